The maximum Gasteiger partial charge on any atom is 0.323 e. The van der Waals surface area contributed by atoms with Crippen molar-refractivity contribution >= 4 is 5.97 Å². The maximum absolute atomic E-state index is 11.3. The van der Waals surface area contributed by atoms with Gasteiger partial charge >= 0.3 is 5.97 Å². The summed E-state index contributed by atoms with van der Waals surface area (Å²) in [5.74, 6) is -0.0334. The molecule has 0 unspecified atom stereocenters. The molecule has 1 aromatic rings. The largest absolute Gasteiger partial charge is 0.496 e. The van der Waals surface area contributed by atoms with E-state index in [0.717, 1.165) is 11.3 Å². The van der Waals surface area contributed by atoms with E-state index in [1.165, 1.54) is 11.1 Å². The molecule has 1 N–H and O–H groups in total. The first kappa shape index (κ1) is 15.5. The smallest absolute Gasteiger partial charge is 0.323 e. The molecule has 0 aliphatic heterocycles. The molecule has 19 heavy (non-hydrogen) atoms. The first-order valence-electron chi connectivity index (χ1n) is 6.29. The van der Waals surface area contributed by atoms with Gasteiger partial charge in [-0.05, 0) is 51.9 Å². The summed E-state index contributed by atoms with van der Waals surface area (Å²) in [6.07, 6.45) is 0. The standard InChI is InChI=1S/C15H23NO3/c1-10-7-12(13(19-6)8-11(10)2)9-16(5)15(3,4)14(17)18/h7-8H,9H2,1-6H3,(H,17,18). The molecule has 0 aliphatic carbocycles. The number of carboxylic acid groups (broad SMARTS) is 1. The molecule has 0 heterocycles. The van der Waals surface area contributed by atoms with Crippen LogP contribution in [0, 0.1) is 13.8 Å². The number of carbonyl (C=O) groups is 1. The minimum atomic E-state index is -0.913. The SMILES string of the molecule is COc1cc(C)c(C)cc1CN(C)C(C)(C)C(=O)O. The van der Waals surface area contributed by atoms with Crippen LogP contribution in [0.4, 0.5) is 0 Å². The first-order chi connectivity index (χ1) is 8.70. The fraction of sp³-hybridized carbons (Fsp3) is 0.533. The second-order valence-electron chi connectivity index (χ2n) is 5.47. The Morgan fingerprint density at radius 2 is 1.84 bits per heavy atom. The number of benzene rings is 1. The van der Waals surface area contributed by atoms with E-state index < -0.39 is 11.5 Å². The lowest BCUT2D eigenvalue weighted by Crippen LogP contribution is -2.47. The van der Waals surface area contributed by atoms with Gasteiger partial charge in [0.1, 0.15) is 11.3 Å². The zero-order valence-corrected chi connectivity index (χ0v) is 12.6. The third-order valence-corrected chi connectivity index (χ3v) is 3.78. The van der Waals surface area contributed by atoms with Gasteiger partial charge in [0.2, 0.25) is 0 Å². The van der Waals surface area contributed by atoms with Crippen LogP contribution in [-0.2, 0) is 11.3 Å². The molecule has 0 spiro atoms. The summed E-state index contributed by atoms with van der Waals surface area (Å²) >= 11 is 0. The molecule has 4 nitrogen and oxygen atoms in total. The summed E-state index contributed by atoms with van der Waals surface area (Å²) in [5.41, 5.74) is 2.43. The Bertz CT molecular complexity index is 481. The zero-order chi connectivity index (χ0) is 14.8. The van der Waals surface area contributed by atoms with Gasteiger partial charge in [-0.25, -0.2) is 0 Å². The zero-order valence-electron chi connectivity index (χ0n) is 12.6. The number of hydrogen-bond acceptors (Lipinski definition) is 3. The van der Waals surface area contributed by atoms with Crippen molar-refractivity contribution in [2.75, 3.05) is 14.2 Å². The molecule has 0 atom stereocenters. The fourth-order valence-electron chi connectivity index (χ4n) is 1.78. The van der Waals surface area contributed by atoms with Crippen molar-refractivity contribution in [1.29, 1.82) is 0 Å². The molecule has 0 saturated heterocycles. The number of likely N-dealkylation sites (N-methyl/N-ethyl adjacent to an activating group) is 1. The van der Waals surface area contributed by atoms with Gasteiger partial charge in [0.15, 0.2) is 0 Å². The monoisotopic (exact) mass is 265 g/mol. The molecule has 0 fully saturated rings. The average Bonchev–Trinajstić information content (AvgIpc) is 2.33. The number of nitrogens with zero attached hydrogens (tertiary/aromatic N) is 1. The van der Waals surface area contributed by atoms with E-state index in [1.807, 2.05) is 31.9 Å². The highest BCUT2D eigenvalue weighted by atomic mass is 16.5. The van der Waals surface area contributed by atoms with E-state index in [0.29, 0.717) is 6.54 Å². The van der Waals surface area contributed by atoms with Crippen LogP contribution in [0.5, 0.6) is 5.75 Å². The Kier molecular flexibility index (Phi) is 4.58. The Morgan fingerprint density at radius 3 is 2.32 bits per heavy atom. The number of ether oxygens (including phenoxy) is 1. The highest BCUT2D eigenvalue weighted by molar-refractivity contribution is 5.77. The van der Waals surface area contributed by atoms with Gasteiger partial charge in [0.05, 0.1) is 7.11 Å². The van der Waals surface area contributed by atoms with Crippen LogP contribution in [0.25, 0.3) is 0 Å². The number of aryl methyl sites for hydroxylation is 2. The fourth-order valence-corrected chi connectivity index (χ4v) is 1.78. The van der Waals surface area contributed by atoms with Crippen molar-refractivity contribution in [3.8, 4) is 5.75 Å². The molecule has 0 aliphatic rings. The minimum absolute atomic E-state index is 0.531. The van der Waals surface area contributed by atoms with Crippen LogP contribution >= 0.6 is 0 Å². The van der Waals surface area contributed by atoms with E-state index in [4.69, 9.17) is 4.74 Å². The van der Waals surface area contributed by atoms with Gasteiger partial charge in [0.25, 0.3) is 0 Å². The lowest BCUT2D eigenvalue weighted by Gasteiger charge is -2.32. The van der Waals surface area contributed by atoms with Crippen molar-refractivity contribution in [1.82, 2.24) is 4.90 Å². The van der Waals surface area contributed by atoms with Crippen LogP contribution in [-0.4, -0.2) is 35.7 Å². The normalized spacial score (nSPS) is 11.7. The van der Waals surface area contributed by atoms with E-state index >= 15 is 0 Å². The van der Waals surface area contributed by atoms with Crippen LogP contribution in [0.1, 0.15) is 30.5 Å². The van der Waals surface area contributed by atoms with Gasteiger partial charge < -0.3 is 9.84 Å². The molecule has 1 aromatic carbocycles. The topological polar surface area (TPSA) is 49.8 Å². The van der Waals surface area contributed by atoms with E-state index in [9.17, 15) is 9.90 Å². The van der Waals surface area contributed by atoms with Gasteiger partial charge in [-0.15, -0.1) is 0 Å². The molecule has 0 radical (unpaired) electrons. The summed E-state index contributed by atoms with van der Waals surface area (Å²) in [6, 6.07) is 4.05. The van der Waals surface area contributed by atoms with Crippen molar-refractivity contribution in [2.24, 2.45) is 0 Å². The summed E-state index contributed by atoms with van der Waals surface area (Å²) in [6.45, 7) is 8.00. The second-order valence-corrected chi connectivity index (χ2v) is 5.47. The number of rotatable bonds is 5. The number of hydrogen-bond donors (Lipinski definition) is 1. The highest BCUT2D eigenvalue weighted by Gasteiger charge is 2.32. The van der Waals surface area contributed by atoms with Crippen molar-refractivity contribution < 1.29 is 14.6 Å². The quantitative estimate of drug-likeness (QED) is 0.889. The van der Waals surface area contributed by atoms with Gasteiger partial charge in [-0.3, -0.25) is 9.69 Å². The molecule has 0 bridgehead atoms. The van der Waals surface area contributed by atoms with Crippen LogP contribution in [0.2, 0.25) is 0 Å². The second kappa shape index (κ2) is 5.61. The van der Waals surface area contributed by atoms with Crippen molar-refractivity contribution in [3.05, 3.63) is 28.8 Å². The molecular weight excluding hydrogens is 242 g/mol. The van der Waals surface area contributed by atoms with Crippen LogP contribution < -0.4 is 4.74 Å². The number of aliphatic carboxylic acids is 1. The molecular formula is C15H23NO3. The van der Waals surface area contributed by atoms with Crippen LogP contribution in [0.15, 0.2) is 12.1 Å². The van der Waals surface area contributed by atoms with E-state index in [2.05, 4.69) is 6.07 Å². The van der Waals surface area contributed by atoms with E-state index in [-0.39, 0.29) is 0 Å². The molecule has 0 aromatic heterocycles. The lowest BCUT2D eigenvalue weighted by atomic mass is 10.0. The maximum atomic E-state index is 11.3. The first-order valence-corrected chi connectivity index (χ1v) is 6.29. The summed E-state index contributed by atoms with van der Waals surface area (Å²) in [5, 5.41) is 9.24. The van der Waals surface area contributed by atoms with Crippen molar-refractivity contribution in [2.45, 2.75) is 39.8 Å². The minimum Gasteiger partial charge on any atom is -0.496 e. The Labute approximate surface area is 115 Å². The predicted octanol–water partition coefficient (Wildman–Crippen LogP) is 2.61. The molecule has 4 heteroatoms. The van der Waals surface area contributed by atoms with Gasteiger partial charge in [0, 0.05) is 12.1 Å². The Balaban J connectivity index is 3.06. The van der Waals surface area contributed by atoms with Crippen LogP contribution in [0.3, 0.4) is 0 Å². The third kappa shape index (κ3) is 3.26. The summed E-state index contributed by atoms with van der Waals surface area (Å²) in [7, 11) is 3.44. The average molecular weight is 265 g/mol. The van der Waals surface area contributed by atoms with Crippen molar-refractivity contribution in [3.63, 3.8) is 0 Å². The van der Waals surface area contributed by atoms with E-state index in [1.54, 1.807) is 21.0 Å². The Morgan fingerprint density at radius 1 is 1.32 bits per heavy atom. The Hall–Kier alpha value is -1.55. The van der Waals surface area contributed by atoms with Gasteiger partial charge in [-0.2, -0.15) is 0 Å². The molecule has 106 valence electrons. The predicted molar refractivity (Wildman–Crippen MR) is 75.6 cm³/mol. The lowest BCUT2D eigenvalue weighted by molar-refractivity contribution is -0.148. The highest BCUT2D eigenvalue weighted by Crippen LogP contribution is 2.26. The number of methoxy groups -OCH3 is 1. The molecule has 0 saturated carbocycles. The molecule has 1 rings (SSSR count). The summed E-state index contributed by atoms with van der Waals surface area (Å²) in [4.78, 5) is 13.1. The third-order valence-electron chi connectivity index (χ3n) is 3.78. The molecule has 0 amide bonds. The summed E-state index contributed by atoms with van der Waals surface area (Å²) < 4.78 is 5.38. The number of carboxylic acids is 1. The van der Waals surface area contributed by atoms with Gasteiger partial charge in [-0.1, -0.05) is 6.07 Å².